The predicted molar refractivity (Wildman–Crippen MR) is 73.3 cm³/mol. The lowest BCUT2D eigenvalue weighted by molar-refractivity contribution is 0.383. The molecule has 5 nitrogen and oxygen atoms in total. The highest BCUT2D eigenvalue weighted by molar-refractivity contribution is 9.10. The van der Waals surface area contributed by atoms with Crippen LogP contribution < -0.4 is 4.74 Å². The van der Waals surface area contributed by atoms with Crippen molar-refractivity contribution in [3.8, 4) is 17.4 Å². The molecule has 2 aromatic carbocycles. The van der Waals surface area contributed by atoms with Gasteiger partial charge in [0.25, 0.3) is 0 Å². The minimum atomic E-state index is -1.11. The molecule has 0 atom stereocenters. The molecule has 0 saturated carbocycles. The molecule has 0 bridgehead atoms. The van der Waals surface area contributed by atoms with Gasteiger partial charge in [0, 0.05) is 4.47 Å². The number of rotatable bonds is 3. The Kier molecular flexibility index (Phi) is 3.61. The highest BCUT2D eigenvalue weighted by atomic mass is 79.9. The average Bonchev–Trinajstić information content (AvgIpc) is 2.93. The van der Waals surface area contributed by atoms with Crippen LogP contribution in [-0.4, -0.2) is 20.2 Å². The molecule has 0 unspecified atom stereocenters. The van der Waals surface area contributed by atoms with E-state index in [1.165, 1.54) is 10.7 Å². The number of tetrazole rings is 1. The second-order valence-corrected chi connectivity index (χ2v) is 4.93. The van der Waals surface area contributed by atoms with Crippen LogP contribution in [0.25, 0.3) is 5.69 Å². The van der Waals surface area contributed by atoms with Crippen LogP contribution in [0.1, 0.15) is 0 Å². The van der Waals surface area contributed by atoms with E-state index in [0.717, 1.165) is 6.07 Å². The van der Waals surface area contributed by atoms with E-state index in [-0.39, 0.29) is 11.8 Å². The van der Waals surface area contributed by atoms with Gasteiger partial charge in [-0.1, -0.05) is 39.2 Å². The summed E-state index contributed by atoms with van der Waals surface area (Å²) < 4.78 is 34.0. The van der Waals surface area contributed by atoms with Crippen LogP contribution in [0.2, 0.25) is 0 Å². The number of ether oxygens (including phenoxy) is 1. The van der Waals surface area contributed by atoms with Gasteiger partial charge in [-0.2, -0.15) is 9.07 Å². The maximum absolute atomic E-state index is 13.7. The van der Waals surface area contributed by atoms with Crippen molar-refractivity contribution in [1.29, 1.82) is 0 Å². The Hall–Kier alpha value is -2.35. The number of hydrogen-bond donors (Lipinski definition) is 0. The van der Waals surface area contributed by atoms with Crippen molar-refractivity contribution in [2.75, 3.05) is 0 Å². The quantitative estimate of drug-likeness (QED) is 0.677. The summed E-state index contributed by atoms with van der Waals surface area (Å²) >= 11 is 3.07. The van der Waals surface area contributed by atoms with Gasteiger partial charge in [0.05, 0.1) is 5.69 Å². The number of benzene rings is 2. The number of para-hydroxylation sites is 1. The maximum atomic E-state index is 13.7. The smallest absolute Gasteiger partial charge is 0.346 e. The topological polar surface area (TPSA) is 52.8 Å². The predicted octanol–water partition coefficient (Wildman–Crippen LogP) is 3.50. The molecule has 1 aromatic heterocycles. The fourth-order valence-corrected chi connectivity index (χ4v) is 2.09. The molecule has 0 saturated heterocycles. The molecule has 0 amide bonds. The van der Waals surface area contributed by atoms with Gasteiger partial charge in [-0.25, -0.2) is 4.39 Å². The number of nitrogens with zero attached hydrogens (tertiary/aromatic N) is 4. The summed E-state index contributed by atoms with van der Waals surface area (Å²) in [4.78, 5) is 0. The first kappa shape index (κ1) is 13.6. The molecular formula is C13H7BrF2N4O. The summed E-state index contributed by atoms with van der Waals surface area (Å²) in [5, 5.41) is 10.9. The van der Waals surface area contributed by atoms with Crippen LogP contribution in [-0.2, 0) is 0 Å². The van der Waals surface area contributed by atoms with Crippen molar-refractivity contribution < 1.29 is 13.5 Å². The van der Waals surface area contributed by atoms with Gasteiger partial charge < -0.3 is 4.74 Å². The lowest BCUT2D eigenvalue weighted by Gasteiger charge is -2.07. The molecular weight excluding hydrogens is 346 g/mol. The van der Waals surface area contributed by atoms with E-state index in [2.05, 4.69) is 31.5 Å². The molecule has 0 spiro atoms. The Morgan fingerprint density at radius 3 is 2.62 bits per heavy atom. The zero-order chi connectivity index (χ0) is 14.8. The first-order chi connectivity index (χ1) is 10.1. The van der Waals surface area contributed by atoms with E-state index in [4.69, 9.17) is 4.74 Å². The molecule has 0 radical (unpaired) electrons. The molecule has 0 aliphatic rings. The maximum Gasteiger partial charge on any atom is 0.346 e. The van der Waals surface area contributed by atoms with Crippen molar-refractivity contribution in [1.82, 2.24) is 20.2 Å². The molecule has 0 aliphatic carbocycles. The number of halogens is 3. The van der Waals surface area contributed by atoms with Crippen LogP contribution in [0, 0.1) is 11.6 Å². The van der Waals surface area contributed by atoms with E-state index in [0.29, 0.717) is 10.2 Å². The van der Waals surface area contributed by atoms with Crippen molar-refractivity contribution in [3.05, 3.63) is 58.6 Å². The molecule has 106 valence electrons. The third kappa shape index (κ3) is 2.75. The Morgan fingerprint density at radius 2 is 1.86 bits per heavy atom. The molecule has 21 heavy (non-hydrogen) atoms. The third-order valence-electron chi connectivity index (χ3n) is 2.60. The minimum absolute atomic E-state index is 0.0717. The van der Waals surface area contributed by atoms with Crippen molar-refractivity contribution in [2.24, 2.45) is 0 Å². The van der Waals surface area contributed by atoms with Crippen molar-refractivity contribution in [2.45, 2.75) is 0 Å². The van der Waals surface area contributed by atoms with Crippen LogP contribution >= 0.6 is 15.9 Å². The summed E-state index contributed by atoms with van der Waals surface area (Å²) in [6, 6.07) is 11.1. The van der Waals surface area contributed by atoms with E-state index >= 15 is 0 Å². The third-order valence-corrected chi connectivity index (χ3v) is 3.06. The monoisotopic (exact) mass is 352 g/mol. The molecule has 0 aliphatic heterocycles. The molecule has 8 heteroatoms. The normalized spacial score (nSPS) is 10.6. The standard InChI is InChI=1S/C13H7BrF2N4O/c14-8-6-10(15)12(16)11(7-8)21-13-17-18-19-20(13)9-4-2-1-3-5-9/h1-7H. The zero-order valence-electron chi connectivity index (χ0n) is 10.4. The summed E-state index contributed by atoms with van der Waals surface area (Å²) in [5.41, 5.74) is 0.633. The van der Waals surface area contributed by atoms with E-state index in [1.54, 1.807) is 24.3 Å². The summed E-state index contributed by atoms with van der Waals surface area (Å²) in [7, 11) is 0. The van der Waals surface area contributed by atoms with Crippen molar-refractivity contribution >= 4 is 15.9 Å². The van der Waals surface area contributed by atoms with Crippen LogP contribution in [0.3, 0.4) is 0 Å². The second kappa shape index (κ2) is 5.57. The Balaban J connectivity index is 1.99. The lowest BCUT2D eigenvalue weighted by atomic mass is 10.3. The Morgan fingerprint density at radius 1 is 1.10 bits per heavy atom. The Labute approximate surface area is 126 Å². The second-order valence-electron chi connectivity index (χ2n) is 4.01. The van der Waals surface area contributed by atoms with E-state index in [1.807, 2.05) is 6.07 Å². The van der Waals surface area contributed by atoms with Crippen LogP contribution in [0.4, 0.5) is 8.78 Å². The fourth-order valence-electron chi connectivity index (χ4n) is 1.68. The minimum Gasteiger partial charge on any atom is -0.420 e. The summed E-state index contributed by atoms with van der Waals surface area (Å²) in [5.74, 6) is -2.45. The average molecular weight is 353 g/mol. The van der Waals surface area contributed by atoms with E-state index in [9.17, 15) is 8.78 Å². The van der Waals surface area contributed by atoms with E-state index < -0.39 is 11.6 Å². The molecule has 0 fully saturated rings. The number of hydrogen-bond acceptors (Lipinski definition) is 4. The van der Waals surface area contributed by atoms with Gasteiger partial charge in [-0.15, -0.1) is 0 Å². The Bertz CT molecular complexity index is 779. The van der Waals surface area contributed by atoms with Gasteiger partial charge in [0.1, 0.15) is 0 Å². The molecule has 3 rings (SSSR count). The first-order valence-electron chi connectivity index (χ1n) is 5.81. The fraction of sp³-hybridized carbons (Fsp3) is 0. The van der Waals surface area contributed by atoms with Crippen LogP contribution in [0.15, 0.2) is 46.9 Å². The first-order valence-corrected chi connectivity index (χ1v) is 6.60. The summed E-state index contributed by atoms with van der Waals surface area (Å²) in [6.45, 7) is 0. The van der Waals surface area contributed by atoms with Gasteiger partial charge in [-0.3, -0.25) is 0 Å². The SMILES string of the molecule is Fc1cc(Br)cc(Oc2nnnn2-c2ccccc2)c1F. The summed E-state index contributed by atoms with van der Waals surface area (Å²) in [6.07, 6.45) is 0. The van der Waals surface area contributed by atoms with Gasteiger partial charge in [-0.05, 0) is 34.7 Å². The highest BCUT2D eigenvalue weighted by Gasteiger charge is 2.16. The highest BCUT2D eigenvalue weighted by Crippen LogP contribution is 2.29. The molecule has 3 aromatic rings. The van der Waals surface area contributed by atoms with Gasteiger partial charge in [0.2, 0.25) is 5.82 Å². The van der Waals surface area contributed by atoms with Gasteiger partial charge in [0.15, 0.2) is 11.6 Å². The number of aromatic nitrogens is 4. The van der Waals surface area contributed by atoms with Crippen molar-refractivity contribution in [3.63, 3.8) is 0 Å². The molecule has 1 heterocycles. The lowest BCUT2D eigenvalue weighted by Crippen LogP contribution is -2.01. The van der Waals surface area contributed by atoms with Gasteiger partial charge >= 0.3 is 6.01 Å². The zero-order valence-corrected chi connectivity index (χ0v) is 12.0. The molecule has 0 N–H and O–H groups in total. The largest absolute Gasteiger partial charge is 0.420 e. The van der Waals surface area contributed by atoms with Crippen LogP contribution in [0.5, 0.6) is 11.8 Å².